The van der Waals surface area contributed by atoms with Gasteiger partial charge in [0.25, 0.3) is 0 Å². The Kier molecular flexibility index (Phi) is 4.67. The second kappa shape index (κ2) is 5.80. The van der Waals surface area contributed by atoms with Crippen LogP contribution in [-0.2, 0) is 0 Å². The van der Waals surface area contributed by atoms with Gasteiger partial charge >= 0.3 is 11.7 Å². The molecule has 0 aliphatic rings. The minimum atomic E-state index is -1.20. The van der Waals surface area contributed by atoms with Gasteiger partial charge < -0.3 is 20.3 Å². The Balaban J connectivity index is 3.04. The summed E-state index contributed by atoms with van der Waals surface area (Å²) in [6.07, 6.45) is -0.983. The number of aromatic carboxylic acids is 1. The Hall–Kier alpha value is -1.38. The molecular formula is C9H12N2O5S. The number of aliphatic hydroxyl groups excluding tert-OH is 2. The van der Waals surface area contributed by atoms with Crippen LogP contribution in [0.4, 0.5) is 0 Å². The predicted molar refractivity (Wildman–Crippen MR) is 60.4 cm³/mol. The standard InChI is InChI=1S/C9H12N2O5S/c1-4-6(8(14)15)7(11-9(16)10-4)17-3-5(13)2-12/h5,12-13H,2-3H2,1H3,(H,14,15)(H,10,11,16). The third-order valence-corrected chi connectivity index (χ3v) is 3.04. The van der Waals surface area contributed by atoms with Crippen LogP contribution in [0.3, 0.4) is 0 Å². The monoisotopic (exact) mass is 260 g/mol. The first-order chi connectivity index (χ1) is 7.95. The van der Waals surface area contributed by atoms with E-state index in [-0.39, 0.29) is 22.0 Å². The molecule has 0 aliphatic carbocycles. The number of rotatable bonds is 5. The molecule has 94 valence electrons. The second-order valence-electron chi connectivity index (χ2n) is 3.30. The van der Waals surface area contributed by atoms with E-state index in [1.54, 1.807) is 0 Å². The first-order valence-electron chi connectivity index (χ1n) is 4.71. The summed E-state index contributed by atoms with van der Waals surface area (Å²) in [5, 5.41) is 26.8. The van der Waals surface area contributed by atoms with Gasteiger partial charge in [-0.25, -0.2) is 9.59 Å². The molecule has 17 heavy (non-hydrogen) atoms. The number of carboxylic acids is 1. The van der Waals surface area contributed by atoms with Crippen LogP contribution in [0.1, 0.15) is 16.1 Å². The first-order valence-corrected chi connectivity index (χ1v) is 5.70. The van der Waals surface area contributed by atoms with Gasteiger partial charge in [0.2, 0.25) is 0 Å². The molecule has 8 heteroatoms. The van der Waals surface area contributed by atoms with Gasteiger partial charge in [-0.15, -0.1) is 11.8 Å². The molecular weight excluding hydrogens is 248 g/mol. The van der Waals surface area contributed by atoms with Crippen LogP contribution in [0, 0.1) is 6.92 Å². The predicted octanol–water partition coefficient (Wildman–Crippen LogP) is -0.778. The molecule has 1 unspecified atom stereocenters. The van der Waals surface area contributed by atoms with Crippen LogP contribution >= 0.6 is 11.8 Å². The molecule has 0 amide bonds. The summed E-state index contributed by atoms with van der Waals surface area (Å²) in [4.78, 5) is 27.9. The summed E-state index contributed by atoms with van der Waals surface area (Å²) in [7, 11) is 0. The van der Waals surface area contributed by atoms with Crippen LogP contribution in [0.25, 0.3) is 0 Å². The lowest BCUT2D eigenvalue weighted by atomic mass is 10.2. The Bertz CT molecular complexity index is 473. The third-order valence-electron chi connectivity index (χ3n) is 1.92. The zero-order valence-corrected chi connectivity index (χ0v) is 9.82. The number of aliphatic hydroxyl groups is 2. The number of hydrogen-bond acceptors (Lipinski definition) is 6. The van der Waals surface area contributed by atoms with E-state index in [0.717, 1.165) is 11.8 Å². The fourth-order valence-corrected chi connectivity index (χ4v) is 2.13. The molecule has 1 aromatic rings. The fourth-order valence-electron chi connectivity index (χ4n) is 1.14. The lowest BCUT2D eigenvalue weighted by molar-refractivity contribution is 0.0690. The molecule has 4 N–H and O–H groups in total. The molecule has 0 spiro atoms. The summed E-state index contributed by atoms with van der Waals surface area (Å²) >= 11 is 0.914. The fraction of sp³-hybridized carbons (Fsp3) is 0.444. The largest absolute Gasteiger partial charge is 0.478 e. The molecule has 0 fully saturated rings. The van der Waals surface area contributed by atoms with Crippen molar-refractivity contribution in [3.63, 3.8) is 0 Å². The maximum atomic E-state index is 11.1. The van der Waals surface area contributed by atoms with Gasteiger partial charge in [0, 0.05) is 11.4 Å². The highest BCUT2D eigenvalue weighted by Gasteiger charge is 2.17. The SMILES string of the molecule is Cc1[nH]c(=O)nc(SCC(O)CO)c1C(=O)O. The number of aromatic amines is 1. The molecule has 0 aliphatic heterocycles. The quantitative estimate of drug-likeness (QED) is 0.404. The van der Waals surface area contributed by atoms with E-state index in [9.17, 15) is 9.59 Å². The Labute approximate surface area is 101 Å². The van der Waals surface area contributed by atoms with E-state index in [4.69, 9.17) is 15.3 Å². The van der Waals surface area contributed by atoms with Gasteiger partial charge in [0.15, 0.2) is 0 Å². The highest BCUT2D eigenvalue weighted by molar-refractivity contribution is 7.99. The number of hydrogen-bond donors (Lipinski definition) is 4. The molecule has 1 rings (SSSR count). The van der Waals surface area contributed by atoms with Crippen molar-refractivity contribution in [3.05, 3.63) is 21.7 Å². The molecule has 1 atom stereocenters. The normalized spacial score (nSPS) is 12.4. The van der Waals surface area contributed by atoms with Crippen LogP contribution < -0.4 is 5.69 Å². The molecule has 0 bridgehead atoms. The van der Waals surface area contributed by atoms with E-state index < -0.39 is 24.4 Å². The zero-order chi connectivity index (χ0) is 13.0. The minimum absolute atomic E-state index is 0.0336. The van der Waals surface area contributed by atoms with Gasteiger partial charge in [0.1, 0.15) is 10.6 Å². The Morgan fingerprint density at radius 2 is 2.24 bits per heavy atom. The van der Waals surface area contributed by atoms with Crippen molar-refractivity contribution in [1.82, 2.24) is 9.97 Å². The topological polar surface area (TPSA) is 124 Å². The number of carbonyl (C=O) groups is 1. The van der Waals surface area contributed by atoms with Gasteiger partial charge in [0.05, 0.1) is 12.7 Å². The zero-order valence-electron chi connectivity index (χ0n) is 9.01. The number of H-pyrrole nitrogens is 1. The van der Waals surface area contributed by atoms with E-state index >= 15 is 0 Å². The Morgan fingerprint density at radius 3 is 2.76 bits per heavy atom. The smallest absolute Gasteiger partial charge is 0.346 e. The van der Waals surface area contributed by atoms with Crippen LogP contribution in [-0.4, -0.2) is 49.7 Å². The van der Waals surface area contributed by atoms with Crippen molar-refractivity contribution >= 4 is 17.7 Å². The number of nitrogens with one attached hydrogen (secondary N) is 1. The third kappa shape index (κ3) is 3.55. The molecule has 0 aromatic carbocycles. The number of carboxylic acid groups (broad SMARTS) is 1. The lowest BCUT2D eigenvalue weighted by Crippen LogP contribution is -2.20. The number of aromatic nitrogens is 2. The first kappa shape index (κ1) is 13.7. The van der Waals surface area contributed by atoms with E-state index in [0.29, 0.717) is 0 Å². The second-order valence-corrected chi connectivity index (χ2v) is 4.31. The van der Waals surface area contributed by atoms with Gasteiger partial charge in [-0.05, 0) is 6.92 Å². The molecule has 0 radical (unpaired) electrons. The average molecular weight is 260 g/mol. The molecule has 7 nitrogen and oxygen atoms in total. The molecule has 0 saturated heterocycles. The summed E-state index contributed by atoms with van der Waals surface area (Å²) in [5.74, 6) is -1.14. The lowest BCUT2D eigenvalue weighted by Gasteiger charge is -2.09. The number of nitrogens with zero attached hydrogens (tertiary/aromatic N) is 1. The molecule has 1 heterocycles. The van der Waals surface area contributed by atoms with Gasteiger partial charge in [-0.3, -0.25) is 0 Å². The van der Waals surface area contributed by atoms with Crippen molar-refractivity contribution in [3.8, 4) is 0 Å². The molecule has 1 aromatic heterocycles. The van der Waals surface area contributed by atoms with E-state index in [1.165, 1.54) is 6.92 Å². The summed E-state index contributed by atoms with van der Waals surface area (Å²) in [6, 6.07) is 0. The molecule has 0 saturated carbocycles. The van der Waals surface area contributed by atoms with Crippen LogP contribution in [0.5, 0.6) is 0 Å². The van der Waals surface area contributed by atoms with Crippen molar-refractivity contribution < 1.29 is 20.1 Å². The highest BCUT2D eigenvalue weighted by atomic mass is 32.2. The highest BCUT2D eigenvalue weighted by Crippen LogP contribution is 2.21. The summed E-state index contributed by atoms with van der Waals surface area (Å²) in [5.41, 5.74) is -0.535. The maximum Gasteiger partial charge on any atom is 0.346 e. The van der Waals surface area contributed by atoms with E-state index in [2.05, 4.69) is 9.97 Å². The summed E-state index contributed by atoms with van der Waals surface area (Å²) < 4.78 is 0. The van der Waals surface area contributed by atoms with Crippen molar-refractivity contribution in [2.24, 2.45) is 0 Å². The number of aryl methyl sites for hydroxylation is 1. The van der Waals surface area contributed by atoms with Crippen LogP contribution in [0.15, 0.2) is 9.82 Å². The van der Waals surface area contributed by atoms with Gasteiger partial charge in [-0.2, -0.15) is 4.98 Å². The average Bonchev–Trinajstić information content (AvgIpc) is 2.24. The van der Waals surface area contributed by atoms with Gasteiger partial charge in [-0.1, -0.05) is 0 Å². The van der Waals surface area contributed by atoms with Crippen molar-refractivity contribution in [2.45, 2.75) is 18.1 Å². The number of thioether (sulfide) groups is 1. The van der Waals surface area contributed by atoms with Crippen molar-refractivity contribution in [2.75, 3.05) is 12.4 Å². The van der Waals surface area contributed by atoms with Crippen LogP contribution in [0.2, 0.25) is 0 Å². The minimum Gasteiger partial charge on any atom is -0.478 e. The van der Waals surface area contributed by atoms with E-state index in [1.807, 2.05) is 0 Å². The Morgan fingerprint density at radius 1 is 1.59 bits per heavy atom. The summed E-state index contributed by atoms with van der Waals surface area (Å²) in [6.45, 7) is 1.02. The maximum absolute atomic E-state index is 11.1. The van der Waals surface area contributed by atoms with Crippen molar-refractivity contribution in [1.29, 1.82) is 0 Å².